The van der Waals surface area contributed by atoms with Crippen LogP contribution in [0.15, 0.2) is 24.3 Å². The maximum absolute atomic E-state index is 13.2. The van der Waals surface area contributed by atoms with E-state index in [4.69, 9.17) is 9.47 Å². The number of ether oxygens (including phenoxy) is 2. The molecule has 2 amide bonds. The molecule has 1 aromatic rings. The molecule has 0 N–H and O–H groups in total. The first kappa shape index (κ1) is 17.9. The van der Waals surface area contributed by atoms with Crippen LogP contribution in [0, 0.1) is 6.92 Å². The molecule has 1 saturated carbocycles. The molecule has 1 heterocycles. The third kappa shape index (κ3) is 3.16. The fraction of sp³-hybridized carbons (Fsp3) is 0.579. The van der Waals surface area contributed by atoms with E-state index >= 15 is 0 Å². The standard InChI is InChI=1S/C19H26N2O4/c1-13-7-5-6-8-14(13)16-17(25-11-15(22)20(16)2)18(23)21(3)19(9-10-19)12-24-4/h5-8,16-17H,9-12H2,1-4H3/t16-,17+/m1/s1. The van der Waals surface area contributed by atoms with Crippen LogP contribution in [0.1, 0.15) is 30.0 Å². The molecule has 1 aromatic carbocycles. The molecule has 25 heavy (non-hydrogen) atoms. The van der Waals surface area contributed by atoms with Gasteiger partial charge in [-0.25, -0.2) is 0 Å². The lowest BCUT2D eigenvalue weighted by atomic mass is 9.93. The van der Waals surface area contributed by atoms with Crippen molar-refractivity contribution in [1.82, 2.24) is 9.80 Å². The van der Waals surface area contributed by atoms with Gasteiger partial charge in [0, 0.05) is 21.2 Å². The van der Waals surface area contributed by atoms with Crippen molar-refractivity contribution in [1.29, 1.82) is 0 Å². The van der Waals surface area contributed by atoms with Gasteiger partial charge in [-0.05, 0) is 30.9 Å². The summed E-state index contributed by atoms with van der Waals surface area (Å²) in [6, 6.07) is 7.40. The number of rotatable bonds is 5. The Hall–Kier alpha value is -1.92. The van der Waals surface area contributed by atoms with E-state index in [0.717, 1.165) is 24.0 Å². The molecule has 0 bridgehead atoms. The van der Waals surface area contributed by atoms with E-state index in [-0.39, 0.29) is 24.0 Å². The first-order valence-corrected chi connectivity index (χ1v) is 8.61. The highest BCUT2D eigenvalue weighted by atomic mass is 16.5. The van der Waals surface area contributed by atoms with Crippen LogP contribution < -0.4 is 0 Å². The molecule has 3 rings (SSSR count). The van der Waals surface area contributed by atoms with Gasteiger partial charge in [0.2, 0.25) is 5.91 Å². The second-order valence-electron chi connectivity index (χ2n) is 7.09. The normalized spacial score (nSPS) is 25.0. The SMILES string of the molecule is COCC1(N(C)C(=O)[C@H]2OCC(=O)N(C)[C@@H]2c2ccccc2C)CC1. The summed E-state index contributed by atoms with van der Waals surface area (Å²) in [6.45, 7) is 2.44. The minimum Gasteiger partial charge on any atom is -0.382 e. The first-order chi connectivity index (χ1) is 11.9. The summed E-state index contributed by atoms with van der Waals surface area (Å²) in [5.74, 6) is -0.208. The van der Waals surface area contributed by atoms with Crippen LogP contribution in [-0.2, 0) is 19.1 Å². The maximum Gasteiger partial charge on any atom is 0.254 e. The Bertz CT molecular complexity index is 671. The van der Waals surface area contributed by atoms with Gasteiger partial charge in [0.1, 0.15) is 6.61 Å². The van der Waals surface area contributed by atoms with Gasteiger partial charge in [0.15, 0.2) is 6.10 Å². The Morgan fingerprint density at radius 2 is 2.08 bits per heavy atom. The minimum atomic E-state index is -0.705. The summed E-state index contributed by atoms with van der Waals surface area (Å²) in [7, 11) is 5.20. The van der Waals surface area contributed by atoms with E-state index in [1.807, 2.05) is 38.2 Å². The number of benzene rings is 1. The zero-order valence-corrected chi connectivity index (χ0v) is 15.3. The van der Waals surface area contributed by atoms with Crippen LogP contribution in [0.4, 0.5) is 0 Å². The van der Waals surface area contributed by atoms with Gasteiger partial charge in [0.05, 0.1) is 18.2 Å². The Kier molecular flexibility index (Phi) is 4.84. The lowest BCUT2D eigenvalue weighted by molar-refractivity contribution is -0.169. The number of hydrogen-bond acceptors (Lipinski definition) is 4. The van der Waals surface area contributed by atoms with Crippen molar-refractivity contribution < 1.29 is 19.1 Å². The lowest BCUT2D eigenvalue weighted by Gasteiger charge is -2.41. The average Bonchev–Trinajstić information content (AvgIpc) is 3.38. The smallest absolute Gasteiger partial charge is 0.254 e. The Balaban J connectivity index is 1.91. The van der Waals surface area contributed by atoms with Gasteiger partial charge in [-0.2, -0.15) is 0 Å². The molecule has 1 aliphatic carbocycles. The number of morpholine rings is 1. The van der Waals surface area contributed by atoms with Crippen molar-refractivity contribution in [2.75, 3.05) is 34.4 Å². The summed E-state index contributed by atoms with van der Waals surface area (Å²) in [6.07, 6.45) is 1.15. The highest BCUT2D eigenvalue weighted by Crippen LogP contribution is 2.42. The summed E-state index contributed by atoms with van der Waals surface area (Å²) >= 11 is 0. The fourth-order valence-corrected chi connectivity index (χ4v) is 3.62. The van der Waals surface area contributed by atoms with E-state index < -0.39 is 12.1 Å². The van der Waals surface area contributed by atoms with Gasteiger partial charge in [-0.3, -0.25) is 9.59 Å². The molecule has 1 aliphatic heterocycles. The van der Waals surface area contributed by atoms with Crippen LogP contribution in [0.2, 0.25) is 0 Å². The monoisotopic (exact) mass is 346 g/mol. The lowest BCUT2D eigenvalue weighted by Crippen LogP contribution is -2.56. The van der Waals surface area contributed by atoms with Crippen molar-refractivity contribution in [3.8, 4) is 0 Å². The summed E-state index contributed by atoms with van der Waals surface area (Å²) in [5, 5.41) is 0. The third-order valence-electron chi connectivity index (χ3n) is 5.52. The van der Waals surface area contributed by atoms with Crippen molar-refractivity contribution in [2.24, 2.45) is 0 Å². The molecule has 0 radical (unpaired) electrons. The summed E-state index contributed by atoms with van der Waals surface area (Å²) in [4.78, 5) is 28.8. The van der Waals surface area contributed by atoms with Gasteiger partial charge >= 0.3 is 0 Å². The number of carbonyl (C=O) groups excluding carboxylic acids is 2. The number of nitrogens with zero attached hydrogens (tertiary/aromatic N) is 2. The Morgan fingerprint density at radius 1 is 1.40 bits per heavy atom. The van der Waals surface area contributed by atoms with Gasteiger partial charge in [0.25, 0.3) is 5.91 Å². The van der Waals surface area contributed by atoms with Crippen LogP contribution >= 0.6 is 0 Å². The predicted octanol–water partition coefficient (Wildman–Crippen LogP) is 1.53. The molecule has 2 aliphatic rings. The highest BCUT2D eigenvalue weighted by molar-refractivity contribution is 5.87. The zero-order valence-electron chi connectivity index (χ0n) is 15.3. The number of hydrogen-bond donors (Lipinski definition) is 0. The molecule has 0 aromatic heterocycles. The molecule has 2 atom stereocenters. The Labute approximate surface area is 148 Å². The van der Waals surface area contributed by atoms with Crippen molar-refractivity contribution in [3.63, 3.8) is 0 Å². The highest BCUT2D eigenvalue weighted by Gasteiger charge is 2.52. The first-order valence-electron chi connectivity index (χ1n) is 8.61. The molecule has 136 valence electrons. The number of likely N-dealkylation sites (N-methyl/N-ethyl adjacent to an activating group) is 2. The quantitative estimate of drug-likeness (QED) is 0.811. The molecule has 0 unspecified atom stereocenters. The van der Waals surface area contributed by atoms with E-state index in [0.29, 0.717) is 6.61 Å². The van der Waals surface area contributed by atoms with Crippen LogP contribution in [0.3, 0.4) is 0 Å². The molecule has 2 fully saturated rings. The average molecular weight is 346 g/mol. The predicted molar refractivity (Wildman–Crippen MR) is 93.0 cm³/mol. The molecule has 0 spiro atoms. The Morgan fingerprint density at radius 3 is 2.68 bits per heavy atom. The number of amides is 2. The minimum absolute atomic E-state index is 0.0690. The van der Waals surface area contributed by atoms with Crippen LogP contribution in [0.5, 0.6) is 0 Å². The fourth-order valence-electron chi connectivity index (χ4n) is 3.62. The molecule has 6 nitrogen and oxygen atoms in total. The second kappa shape index (κ2) is 6.77. The van der Waals surface area contributed by atoms with E-state index in [1.54, 1.807) is 24.0 Å². The topological polar surface area (TPSA) is 59.1 Å². The van der Waals surface area contributed by atoms with Gasteiger partial charge in [-0.1, -0.05) is 24.3 Å². The van der Waals surface area contributed by atoms with E-state index in [9.17, 15) is 9.59 Å². The van der Waals surface area contributed by atoms with E-state index in [1.165, 1.54) is 0 Å². The molecular weight excluding hydrogens is 320 g/mol. The van der Waals surface area contributed by atoms with Crippen LogP contribution in [-0.4, -0.2) is 67.7 Å². The van der Waals surface area contributed by atoms with Gasteiger partial charge < -0.3 is 19.3 Å². The number of aryl methyl sites for hydroxylation is 1. The molecular formula is C19H26N2O4. The molecule has 6 heteroatoms. The largest absolute Gasteiger partial charge is 0.382 e. The second-order valence-corrected chi connectivity index (χ2v) is 7.09. The van der Waals surface area contributed by atoms with E-state index in [2.05, 4.69) is 0 Å². The van der Waals surface area contributed by atoms with Crippen molar-refractivity contribution in [3.05, 3.63) is 35.4 Å². The number of carbonyl (C=O) groups is 2. The van der Waals surface area contributed by atoms with Crippen LogP contribution in [0.25, 0.3) is 0 Å². The molecule has 1 saturated heterocycles. The summed E-state index contributed by atoms with van der Waals surface area (Å²) in [5.41, 5.74) is 1.75. The third-order valence-corrected chi connectivity index (χ3v) is 5.52. The van der Waals surface area contributed by atoms with Gasteiger partial charge in [-0.15, -0.1) is 0 Å². The number of methoxy groups -OCH3 is 1. The zero-order chi connectivity index (χ0) is 18.2. The van der Waals surface area contributed by atoms with Crippen molar-refractivity contribution in [2.45, 2.75) is 37.5 Å². The van der Waals surface area contributed by atoms with Crippen molar-refractivity contribution >= 4 is 11.8 Å². The summed E-state index contributed by atoms with van der Waals surface area (Å²) < 4.78 is 11.0. The maximum atomic E-state index is 13.2.